The van der Waals surface area contributed by atoms with Gasteiger partial charge in [0.2, 0.25) is 0 Å². The zero-order chi connectivity index (χ0) is 14.8. The first-order valence-corrected chi connectivity index (χ1v) is 6.95. The lowest BCUT2D eigenvalue weighted by Crippen LogP contribution is -2.02. The Morgan fingerprint density at radius 3 is 2.52 bits per heavy atom. The van der Waals surface area contributed by atoms with Crippen LogP contribution in [0.15, 0.2) is 57.7 Å². The summed E-state index contributed by atoms with van der Waals surface area (Å²) in [7, 11) is 0. The van der Waals surface area contributed by atoms with Crippen molar-refractivity contribution < 1.29 is 9.15 Å². The summed E-state index contributed by atoms with van der Waals surface area (Å²) in [6.07, 6.45) is 0. The van der Waals surface area contributed by atoms with E-state index in [0.29, 0.717) is 23.5 Å². The van der Waals surface area contributed by atoms with Gasteiger partial charge in [-0.1, -0.05) is 29.8 Å². The van der Waals surface area contributed by atoms with E-state index in [1.54, 1.807) is 6.07 Å². The molecule has 3 heteroatoms. The van der Waals surface area contributed by atoms with E-state index in [-0.39, 0.29) is 5.63 Å². The molecular weight excluding hydrogens is 264 g/mol. The average molecular weight is 280 g/mol. The number of hydrogen-bond acceptors (Lipinski definition) is 3. The van der Waals surface area contributed by atoms with Crippen LogP contribution in [0.1, 0.15) is 12.5 Å². The van der Waals surface area contributed by atoms with Crippen molar-refractivity contribution in [1.82, 2.24) is 0 Å². The van der Waals surface area contributed by atoms with Crippen LogP contribution in [0.25, 0.3) is 22.1 Å². The topological polar surface area (TPSA) is 39.4 Å². The zero-order valence-electron chi connectivity index (χ0n) is 12.1. The summed E-state index contributed by atoms with van der Waals surface area (Å²) in [5, 5.41) is 0.883. The van der Waals surface area contributed by atoms with Crippen molar-refractivity contribution in [2.75, 3.05) is 6.61 Å². The molecule has 0 fully saturated rings. The van der Waals surface area contributed by atoms with Crippen molar-refractivity contribution >= 4 is 11.0 Å². The number of hydrogen-bond donors (Lipinski definition) is 0. The van der Waals surface area contributed by atoms with Crippen molar-refractivity contribution in [2.24, 2.45) is 0 Å². The summed E-state index contributed by atoms with van der Waals surface area (Å²) in [6.45, 7) is 4.51. The highest BCUT2D eigenvalue weighted by Gasteiger charge is 2.08. The van der Waals surface area contributed by atoms with E-state index in [2.05, 4.69) is 0 Å². The fourth-order valence-corrected chi connectivity index (χ4v) is 2.28. The molecule has 1 heterocycles. The quantitative estimate of drug-likeness (QED) is 0.676. The molecule has 2 aromatic carbocycles. The van der Waals surface area contributed by atoms with E-state index in [9.17, 15) is 4.79 Å². The third-order valence-electron chi connectivity index (χ3n) is 3.38. The van der Waals surface area contributed by atoms with E-state index in [0.717, 1.165) is 16.5 Å². The minimum Gasteiger partial charge on any atom is -0.494 e. The molecule has 3 rings (SSSR count). The molecule has 0 saturated carbocycles. The Bertz CT molecular complexity index is 829. The fraction of sp³-hybridized carbons (Fsp3) is 0.167. The smallest absolute Gasteiger partial charge is 0.344 e. The van der Waals surface area contributed by atoms with Crippen LogP contribution in [0.2, 0.25) is 0 Å². The predicted octanol–water partition coefficient (Wildman–Crippen LogP) is 4.17. The van der Waals surface area contributed by atoms with Gasteiger partial charge in [-0.2, -0.15) is 0 Å². The highest BCUT2D eigenvalue weighted by molar-refractivity contribution is 5.82. The molecule has 0 N–H and O–H groups in total. The molecule has 0 bridgehead atoms. The number of ether oxygens (including phenoxy) is 1. The number of fused-ring (bicyclic) bond motifs is 1. The van der Waals surface area contributed by atoms with E-state index >= 15 is 0 Å². The molecule has 21 heavy (non-hydrogen) atoms. The summed E-state index contributed by atoms with van der Waals surface area (Å²) in [5.41, 5.74) is 2.81. The van der Waals surface area contributed by atoms with E-state index in [1.807, 2.05) is 56.3 Å². The van der Waals surface area contributed by atoms with Crippen LogP contribution in [0, 0.1) is 6.92 Å². The molecule has 0 aliphatic heterocycles. The molecule has 0 saturated heterocycles. The Morgan fingerprint density at radius 2 is 1.81 bits per heavy atom. The Hall–Kier alpha value is -2.55. The maximum absolute atomic E-state index is 12.2. The van der Waals surface area contributed by atoms with E-state index in [1.165, 1.54) is 0 Å². The van der Waals surface area contributed by atoms with Crippen LogP contribution >= 0.6 is 0 Å². The largest absolute Gasteiger partial charge is 0.494 e. The third kappa shape index (κ3) is 2.68. The van der Waals surface area contributed by atoms with Gasteiger partial charge in [0.15, 0.2) is 0 Å². The molecule has 0 unspecified atom stereocenters. The van der Waals surface area contributed by atoms with Gasteiger partial charge in [-0.25, -0.2) is 4.79 Å². The highest BCUT2D eigenvalue weighted by atomic mass is 16.5. The molecule has 0 aliphatic carbocycles. The number of rotatable bonds is 3. The first-order valence-electron chi connectivity index (χ1n) is 6.95. The van der Waals surface area contributed by atoms with Crippen molar-refractivity contribution in [1.29, 1.82) is 0 Å². The molecular formula is C18H16O3. The van der Waals surface area contributed by atoms with Gasteiger partial charge in [-0.15, -0.1) is 0 Å². The minimum atomic E-state index is -0.333. The van der Waals surface area contributed by atoms with Gasteiger partial charge in [0.25, 0.3) is 0 Å². The van der Waals surface area contributed by atoms with E-state index in [4.69, 9.17) is 9.15 Å². The van der Waals surface area contributed by atoms with Crippen molar-refractivity contribution in [3.05, 3.63) is 64.5 Å². The Kier molecular flexibility index (Phi) is 3.48. The monoisotopic (exact) mass is 280 g/mol. The standard InChI is InChI=1S/C18H16O3/c1-3-20-15-9-8-14-10-16(18(19)21-17(14)11-15)13-6-4-12(2)5-7-13/h4-11H,3H2,1-2H3. The van der Waals surface area contributed by atoms with Crippen LogP contribution in [0.3, 0.4) is 0 Å². The maximum atomic E-state index is 12.2. The van der Waals surface area contributed by atoms with Gasteiger partial charge in [0.1, 0.15) is 11.3 Å². The lowest BCUT2D eigenvalue weighted by Gasteiger charge is -2.06. The maximum Gasteiger partial charge on any atom is 0.344 e. The minimum absolute atomic E-state index is 0.333. The molecule has 106 valence electrons. The first-order chi connectivity index (χ1) is 10.2. The van der Waals surface area contributed by atoms with Gasteiger partial charge in [-0.05, 0) is 37.6 Å². The van der Waals surface area contributed by atoms with Gasteiger partial charge >= 0.3 is 5.63 Å². The van der Waals surface area contributed by atoms with Gasteiger partial charge in [-0.3, -0.25) is 0 Å². The van der Waals surface area contributed by atoms with Gasteiger partial charge in [0.05, 0.1) is 12.2 Å². The summed E-state index contributed by atoms with van der Waals surface area (Å²) in [6, 6.07) is 15.2. The van der Waals surface area contributed by atoms with Crippen LogP contribution in [-0.4, -0.2) is 6.61 Å². The lowest BCUT2D eigenvalue weighted by molar-refractivity contribution is 0.340. The zero-order valence-corrected chi connectivity index (χ0v) is 12.1. The summed E-state index contributed by atoms with van der Waals surface area (Å²) in [5.74, 6) is 0.705. The Balaban J connectivity index is 2.13. The summed E-state index contributed by atoms with van der Waals surface area (Å²) < 4.78 is 10.8. The normalized spacial score (nSPS) is 10.8. The highest BCUT2D eigenvalue weighted by Crippen LogP contribution is 2.24. The molecule has 3 nitrogen and oxygen atoms in total. The molecule has 0 aliphatic rings. The lowest BCUT2D eigenvalue weighted by atomic mass is 10.0. The second-order valence-electron chi connectivity index (χ2n) is 4.95. The van der Waals surface area contributed by atoms with E-state index < -0.39 is 0 Å². The molecule has 0 radical (unpaired) electrons. The van der Waals surface area contributed by atoms with Gasteiger partial charge < -0.3 is 9.15 Å². The Morgan fingerprint density at radius 1 is 1.05 bits per heavy atom. The van der Waals surface area contributed by atoms with Crippen molar-refractivity contribution in [3.8, 4) is 16.9 Å². The second-order valence-corrected chi connectivity index (χ2v) is 4.95. The number of aryl methyl sites for hydroxylation is 1. The Labute approximate surface area is 122 Å². The van der Waals surface area contributed by atoms with Crippen LogP contribution in [-0.2, 0) is 0 Å². The second kappa shape index (κ2) is 5.44. The van der Waals surface area contributed by atoms with Crippen LogP contribution in [0.5, 0.6) is 5.75 Å². The molecule has 0 spiro atoms. The fourth-order valence-electron chi connectivity index (χ4n) is 2.28. The molecule has 1 aromatic heterocycles. The van der Waals surface area contributed by atoms with Crippen molar-refractivity contribution in [3.63, 3.8) is 0 Å². The van der Waals surface area contributed by atoms with Crippen LogP contribution < -0.4 is 10.4 Å². The third-order valence-corrected chi connectivity index (χ3v) is 3.38. The summed E-state index contributed by atoms with van der Waals surface area (Å²) in [4.78, 5) is 12.2. The van der Waals surface area contributed by atoms with Crippen molar-refractivity contribution in [2.45, 2.75) is 13.8 Å². The SMILES string of the molecule is CCOc1ccc2cc(-c3ccc(C)cc3)c(=O)oc2c1. The van der Waals surface area contributed by atoms with Gasteiger partial charge in [0, 0.05) is 11.5 Å². The average Bonchev–Trinajstić information content (AvgIpc) is 2.48. The molecule has 0 amide bonds. The number of benzene rings is 2. The molecule has 0 atom stereocenters. The molecule has 3 aromatic rings. The van der Waals surface area contributed by atoms with Crippen LogP contribution in [0.4, 0.5) is 0 Å². The first kappa shape index (κ1) is 13.4. The summed E-state index contributed by atoms with van der Waals surface area (Å²) >= 11 is 0. The predicted molar refractivity (Wildman–Crippen MR) is 83.8 cm³/mol.